The van der Waals surface area contributed by atoms with Gasteiger partial charge in [-0.25, -0.2) is 4.98 Å². The highest BCUT2D eigenvalue weighted by atomic mass is 16.5. The molecule has 2 aromatic rings. The molecular formula is C24H35N5O3. The summed E-state index contributed by atoms with van der Waals surface area (Å²) in [4.78, 5) is 11.5. The van der Waals surface area contributed by atoms with Crippen LogP contribution in [0, 0.1) is 5.92 Å². The number of nitrogens with one attached hydrogen (secondary N) is 2. The van der Waals surface area contributed by atoms with Gasteiger partial charge in [-0.1, -0.05) is 0 Å². The number of hydrogen-bond donors (Lipinski definition) is 2. The normalized spacial score (nSPS) is 17.3. The summed E-state index contributed by atoms with van der Waals surface area (Å²) in [5.74, 6) is 3.48. The molecule has 2 saturated heterocycles. The molecule has 0 spiro atoms. The average molecular weight is 442 g/mol. The smallest absolute Gasteiger partial charge is 0.229 e. The number of methoxy groups -OCH3 is 1. The summed E-state index contributed by atoms with van der Waals surface area (Å²) in [7, 11) is 1.66. The van der Waals surface area contributed by atoms with Crippen LogP contribution in [0.4, 0.5) is 17.5 Å². The van der Waals surface area contributed by atoms with Crippen LogP contribution in [0.3, 0.4) is 0 Å². The largest absolute Gasteiger partial charge is 0.495 e. The van der Waals surface area contributed by atoms with E-state index in [1.807, 2.05) is 24.3 Å². The van der Waals surface area contributed by atoms with Crippen LogP contribution in [0.5, 0.6) is 11.5 Å². The summed E-state index contributed by atoms with van der Waals surface area (Å²) >= 11 is 0. The highest BCUT2D eigenvalue weighted by Gasteiger charge is 2.14. The number of hydrogen-bond acceptors (Lipinski definition) is 8. The molecule has 8 nitrogen and oxygen atoms in total. The van der Waals surface area contributed by atoms with E-state index < -0.39 is 0 Å². The van der Waals surface area contributed by atoms with E-state index >= 15 is 0 Å². The van der Waals surface area contributed by atoms with Crippen LogP contribution in [0.25, 0.3) is 0 Å². The molecule has 4 rings (SSSR count). The lowest BCUT2D eigenvalue weighted by molar-refractivity contribution is 0.0699. The number of anilines is 3. The monoisotopic (exact) mass is 441 g/mol. The zero-order valence-corrected chi connectivity index (χ0v) is 19.0. The lowest BCUT2D eigenvalue weighted by atomic mass is 10.0. The number of ether oxygens (including phenoxy) is 3. The second kappa shape index (κ2) is 11.9. The van der Waals surface area contributed by atoms with Gasteiger partial charge in [-0.3, -0.25) is 0 Å². The van der Waals surface area contributed by atoms with Crippen molar-refractivity contribution in [3.8, 4) is 11.5 Å². The van der Waals surface area contributed by atoms with Gasteiger partial charge in [0, 0.05) is 38.6 Å². The second-order valence-corrected chi connectivity index (χ2v) is 8.44. The van der Waals surface area contributed by atoms with Gasteiger partial charge in [0.05, 0.1) is 19.4 Å². The van der Waals surface area contributed by atoms with Crippen molar-refractivity contribution in [1.82, 2.24) is 14.9 Å². The molecule has 0 amide bonds. The molecule has 0 aliphatic carbocycles. The molecule has 2 aliphatic heterocycles. The van der Waals surface area contributed by atoms with Crippen LogP contribution in [0.15, 0.2) is 30.5 Å². The van der Waals surface area contributed by atoms with Crippen LogP contribution in [-0.2, 0) is 4.74 Å². The van der Waals surface area contributed by atoms with E-state index in [4.69, 9.17) is 14.2 Å². The molecule has 2 aliphatic rings. The Kier molecular flexibility index (Phi) is 8.39. The maximum atomic E-state index is 5.99. The Balaban J connectivity index is 1.32. The van der Waals surface area contributed by atoms with Gasteiger partial charge in [0.2, 0.25) is 5.95 Å². The molecule has 32 heavy (non-hydrogen) atoms. The first-order chi connectivity index (χ1) is 15.8. The molecule has 2 N–H and O–H groups in total. The highest BCUT2D eigenvalue weighted by molar-refractivity contribution is 5.65. The molecule has 8 heteroatoms. The lowest BCUT2D eigenvalue weighted by Gasteiger charge is -2.22. The molecular weight excluding hydrogens is 406 g/mol. The molecule has 0 radical (unpaired) electrons. The van der Waals surface area contributed by atoms with E-state index in [9.17, 15) is 0 Å². The zero-order valence-electron chi connectivity index (χ0n) is 19.0. The molecule has 0 saturated carbocycles. The van der Waals surface area contributed by atoms with Gasteiger partial charge in [0.1, 0.15) is 17.3 Å². The van der Waals surface area contributed by atoms with Crippen molar-refractivity contribution in [2.45, 2.75) is 32.1 Å². The van der Waals surface area contributed by atoms with Crippen LogP contribution in [-0.4, -0.2) is 68.0 Å². The lowest BCUT2D eigenvalue weighted by Crippen LogP contribution is -2.23. The van der Waals surface area contributed by atoms with Gasteiger partial charge in [-0.15, -0.1) is 0 Å². The Hall–Kier alpha value is -2.58. The van der Waals surface area contributed by atoms with E-state index in [2.05, 4.69) is 25.5 Å². The number of likely N-dealkylation sites (tertiary alicyclic amines) is 1. The minimum Gasteiger partial charge on any atom is -0.495 e. The third kappa shape index (κ3) is 6.71. The summed E-state index contributed by atoms with van der Waals surface area (Å²) in [6, 6.07) is 7.68. The van der Waals surface area contributed by atoms with Crippen molar-refractivity contribution in [2.75, 3.05) is 63.7 Å². The fraction of sp³-hybridized carbons (Fsp3) is 0.583. The molecule has 1 aromatic carbocycles. The first-order valence-electron chi connectivity index (χ1n) is 11.7. The van der Waals surface area contributed by atoms with Gasteiger partial charge >= 0.3 is 0 Å². The van der Waals surface area contributed by atoms with Gasteiger partial charge in [0.15, 0.2) is 0 Å². The van der Waals surface area contributed by atoms with Crippen LogP contribution >= 0.6 is 0 Å². The van der Waals surface area contributed by atoms with E-state index in [0.717, 1.165) is 68.6 Å². The molecule has 1 aromatic heterocycles. The number of rotatable bonds is 11. The topological polar surface area (TPSA) is 80.8 Å². The Morgan fingerprint density at radius 1 is 1.16 bits per heavy atom. The van der Waals surface area contributed by atoms with Crippen molar-refractivity contribution in [3.63, 3.8) is 0 Å². The van der Waals surface area contributed by atoms with E-state index in [1.165, 1.54) is 25.9 Å². The van der Waals surface area contributed by atoms with Crippen LogP contribution in [0.2, 0.25) is 0 Å². The Bertz CT molecular complexity index is 838. The van der Waals surface area contributed by atoms with E-state index in [0.29, 0.717) is 18.5 Å². The second-order valence-electron chi connectivity index (χ2n) is 8.44. The van der Waals surface area contributed by atoms with E-state index in [1.54, 1.807) is 13.3 Å². The van der Waals surface area contributed by atoms with Crippen molar-refractivity contribution < 1.29 is 14.2 Å². The molecule has 174 valence electrons. The van der Waals surface area contributed by atoms with Gasteiger partial charge < -0.3 is 29.7 Å². The number of aromatic nitrogens is 2. The molecule has 3 heterocycles. The summed E-state index contributed by atoms with van der Waals surface area (Å²) < 4.78 is 16.9. The molecule has 0 atom stereocenters. The zero-order chi connectivity index (χ0) is 22.0. The Labute approximate surface area is 190 Å². The Morgan fingerprint density at radius 3 is 2.81 bits per heavy atom. The molecule has 0 bridgehead atoms. The predicted octanol–water partition coefficient (Wildman–Crippen LogP) is 3.93. The summed E-state index contributed by atoms with van der Waals surface area (Å²) in [6.07, 6.45) is 7.60. The van der Waals surface area contributed by atoms with Gasteiger partial charge in [-0.05, 0) is 69.3 Å². The minimum atomic E-state index is 0.520. The van der Waals surface area contributed by atoms with Crippen LogP contribution in [0.1, 0.15) is 32.1 Å². The van der Waals surface area contributed by atoms with Crippen LogP contribution < -0.4 is 20.1 Å². The maximum Gasteiger partial charge on any atom is 0.229 e. The summed E-state index contributed by atoms with van der Waals surface area (Å²) in [6.45, 7) is 6.83. The molecule has 2 fully saturated rings. The maximum absolute atomic E-state index is 5.99. The standard InChI is InChI=1S/C24H35N5O3/c1-30-22-6-5-20(32-14-4-13-29-11-2-3-12-29)17-21(22)27-24-25-10-7-23(28-24)26-18-19-8-15-31-16-9-19/h5-7,10,17,19H,2-4,8-9,11-16,18H2,1H3,(H2,25,26,27,28). The predicted molar refractivity (Wildman–Crippen MR) is 126 cm³/mol. The van der Waals surface area contributed by atoms with Crippen molar-refractivity contribution in [2.24, 2.45) is 5.92 Å². The van der Waals surface area contributed by atoms with Gasteiger partial charge in [0.25, 0.3) is 0 Å². The average Bonchev–Trinajstić information content (AvgIpc) is 3.35. The van der Waals surface area contributed by atoms with E-state index in [-0.39, 0.29) is 0 Å². The Morgan fingerprint density at radius 2 is 2.00 bits per heavy atom. The fourth-order valence-corrected chi connectivity index (χ4v) is 4.20. The first-order valence-corrected chi connectivity index (χ1v) is 11.7. The highest BCUT2D eigenvalue weighted by Crippen LogP contribution is 2.31. The fourth-order valence-electron chi connectivity index (χ4n) is 4.20. The van der Waals surface area contributed by atoms with Crippen molar-refractivity contribution in [1.29, 1.82) is 0 Å². The minimum absolute atomic E-state index is 0.520. The van der Waals surface area contributed by atoms with Gasteiger partial charge in [-0.2, -0.15) is 4.98 Å². The first kappa shape index (κ1) is 22.6. The molecule has 0 unspecified atom stereocenters. The number of nitrogens with zero attached hydrogens (tertiary/aromatic N) is 3. The van der Waals surface area contributed by atoms with Crippen molar-refractivity contribution in [3.05, 3.63) is 30.5 Å². The van der Waals surface area contributed by atoms with Crippen molar-refractivity contribution >= 4 is 17.5 Å². The SMILES string of the molecule is COc1ccc(OCCCN2CCCC2)cc1Nc1nccc(NCC2CCOCC2)n1. The quantitative estimate of drug-likeness (QED) is 0.508. The summed E-state index contributed by atoms with van der Waals surface area (Å²) in [5.41, 5.74) is 0.783. The third-order valence-electron chi connectivity index (χ3n) is 6.07. The third-order valence-corrected chi connectivity index (χ3v) is 6.07. The summed E-state index contributed by atoms with van der Waals surface area (Å²) in [5, 5.41) is 6.71. The number of benzene rings is 1.